The molecule has 1 N–H and O–H groups in total. The van der Waals surface area contributed by atoms with Crippen LogP contribution in [0.3, 0.4) is 0 Å². The number of aromatic nitrogens is 1. The minimum absolute atomic E-state index is 0.0678. The Labute approximate surface area is 141 Å². The monoisotopic (exact) mass is 324 g/mol. The average Bonchev–Trinajstić information content (AvgIpc) is 2.60. The van der Waals surface area contributed by atoms with Crippen molar-refractivity contribution >= 4 is 10.9 Å². The molecule has 0 aliphatic heterocycles. The van der Waals surface area contributed by atoms with E-state index < -0.39 is 0 Å². The van der Waals surface area contributed by atoms with Crippen molar-refractivity contribution in [1.82, 2.24) is 9.88 Å². The van der Waals surface area contributed by atoms with E-state index in [1.54, 1.807) is 12.3 Å². The Morgan fingerprint density at radius 3 is 2.67 bits per heavy atom. The van der Waals surface area contributed by atoms with Crippen LogP contribution in [-0.2, 0) is 6.54 Å². The first-order chi connectivity index (χ1) is 11.7. The second-order valence-corrected chi connectivity index (χ2v) is 5.99. The van der Waals surface area contributed by atoms with E-state index in [2.05, 4.69) is 22.0 Å². The summed E-state index contributed by atoms with van der Waals surface area (Å²) < 4.78 is 13.9. The molecule has 0 spiro atoms. The highest BCUT2D eigenvalue weighted by Gasteiger charge is 2.18. The van der Waals surface area contributed by atoms with Crippen LogP contribution in [0.15, 0.2) is 60.8 Å². The first-order valence-electron chi connectivity index (χ1n) is 8.08. The lowest BCUT2D eigenvalue weighted by molar-refractivity contribution is 0.180. The molecule has 0 unspecified atom stereocenters. The van der Waals surface area contributed by atoms with Crippen LogP contribution in [0.5, 0.6) is 0 Å². The fourth-order valence-corrected chi connectivity index (χ4v) is 3.17. The Kier molecular flexibility index (Phi) is 5.18. The molecule has 0 amide bonds. The number of rotatable bonds is 6. The standard InChI is InChI=1S/C20H21FN2O/c1-23(19(9-11-24)15-6-3-2-4-7-15)14-17-13-18(21)12-16-8-5-10-22-20(16)17/h2-8,10,12-13,19,24H,9,11,14H2,1H3/t19-/m0/s1. The summed E-state index contributed by atoms with van der Waals surface area (Å²) in [7, 11) is 1.99. The predicted molar refractivity (Wildman–Crippen MR) is 94.1 cm³/mol. The van der Waals surface area contributed by atoms with E-state index >= 15 is 0 Å². The summed E-state index contributed by atoms with van der Waals surface area (Å²) in [6.45, 7) is 0.664. The molecule has 1 atom stereocenters. The zero-order chi connectivity index (χ0) is 16.9. The van der Waals surface area contributed by atoms with Gasteiger partial charge in [-0.3, -0.25) is 9.88 Å². The van der Waals surface area contributed by atoms with Gasteiger partial charge in [0.25, 0.3) is 0 Å². The van der Waals surface area contributed by atoms with Crippen molar-refractivity contribution in [2.75, 3.05) is 13.7 Å². The molecule has 24 heavy (non-hydrogen) atoms. The highest BCUT2D eigenvalue weighted by molar-refractivity contribution is 5.81. The first-order valence-corrected chi connectivity index (χ1v) is 8.08. The van der Waals surface area contributed by atoms with Crippen LogP contribution >= 0.6 is 0 Å². The van der Waals surface area contributed by atoms with Gasteiger partial charge in [0.15, 0.2) is 0 Å². The number of pyridine rings is 1. The van der Waals surface area contributed by atoms with Crippen LogP contribution in [0.1, 0.15) is 23.6 Å². The molecular weight excluding hydrogens is 303 g/mol. The van der Waals surface area contributed by atoms with Crippen LogP contribution < -0.4 is 0 Å². The Morgan fingerprint density at radius 1 is 1.12 bits per heavy atom. The van der Waals surface area contributed by atoms with Crippen LogP contribution in [0, 0.1) is 5.82 Å². The van der Waals surface area contributed by atoms with Crippen molar-refractivity contribution in [2.45, 2.75) is 19.0 Å². The maximum absolute atomic E-state index is 13.9. The third-order valence-electron chi connectivity index (χ3n) is 4.29. The van der Waals surface area contributed by atoms with Crippen molar-refractivity contribution < 1.29 is 9.50 Å². The molecule has 4 heteroatoms. The van der Waals surface area contributed by atoms with Crippen molar-refractivity contribution in [1.29, 1.82) is 0 Å². The van der Waals surface area contributed by atoms with Crippen molar-refractivity contribution in [3.63, 3.8) is 0 Å². The summed E-state index contributed by atoms with van der Waals surface area (Å²) in [4.78, 5) is 6.54. The Bertz CT molecular complexity index is 807. The van der Waals surface area contributed by atoms with E-state index in [4.69, 9.17) is 0 Å². The van der Waals surface area contributed by atoms with E-state index in [-0.39, 0.29) is 18.5 Å². The van der Waals surface area contributed by atoms with Gasteiger partial charge in [-0.15, -0.1) is 0 Å². The number of aliphatic hydroxyl groups is 1. The molecule has 0 aliphatic rings. The van der Waals surface area contributed by atoms with Gasteiger partial charge in [-0.05, 0) is 42.8 Å². The average molecular weight is 324 g/mol. The van der Waals surface area contributed by atoms with Gasteiger partial charge in [-0.1, -0.05) is 36.4 Å². The lowest BCUT2D eigenvalue weighted by atomic mass is 10.0. The fourth-order valence-electron chi connectivity index (χ4n) is 3.17. The number of nitrogens with zero attached hydrogens (tertiary/aromatic N) is 2. The number of fused-ring (bicyclic) bond motifs is 1. The lowest BCUT2D eigenvalue weighted by Crippen LogP contribution is -2.25. The van der Waals surface area contributed by atoms with Crippen LogP contribution in [-0.4, -0.2) is 28.6 Å². The fraction of sp³-hybridized carbons (Fsp3) is 0.250. The summed E-state index contributed by atoms with van der Waals surface area (Å²) in [5.74, 6) is -0.252. The van der Waals surface area contributed by atoms with E-state index in [0.29, 0.717) is 13.0 Å². The van der Waals surface area contributed by atoms with Gasteiger partial charge in [0, 0.05) is 30.8 Å². The molecular formula is C20H21FN2O. The summed E-state index contributed by atoms with van der Waals surface area (Å²) in [5.41, 5.74) is 2.82. The van der Waals surface area contributed by atoms with E-state index in [9.17, 15) is 9.50 Å². The number of hydrogen-bond donors (Lipinski definition) is 1. The SMILES string of the molecule is CN(Cc1cc(F)cc2cccnc12)[C@@H](CCO)c1ccccc1. The van der Waals surface area contributed by atoms with Crippen molar-refractivity contribution in [2.24, 2.45) is 0 Å². The smallest absolute Gasteiger partial charge is 0.124 e. The van der Waals surface area contributed by atoms with Crippen molar-refractivity contribution in [3.05, 3.63) is 77.7 Å². The highest BCUT2D eigenvalue weighted by atomic mass is 19.1. The van der Waals surface area contributed by atoms with E-state index in [0.717, 1.165) is 22.0 Å². The van der Waals surface area contributed by atoms with Gasteiger partial charge >= 0.3 is 0 Å². The topological polar surface area (TPSA) is 36.4 Å². The minimum Gasteiger partial charge on any atom is -0.396 e. The lowest BCUT2D eigenvalue weighted by Gasteiger charge is -2.28. The second-order valence-electron chi connectivity index (χ2n) is 5.99. The van der Waals surface area contributed by atoms with Crippen LogP contribution in [0.25, 0.3) is 10.9 Å². The van der Waals surface area contributed by atoms with Gasteiger partial charge < -0.3 is 5.11 Å². The molecule has 0 radical (unpaired) electrons. The molecule has 2 aromatic carbocycles. The molecule has 3 nitrogen and oxygen atoms in total. The second kappa shape index (κ2) is 7.51. The van der Waals surface area contributed by atoms with Crippen LogP contribution in [0.4, 0.5) is 4.39 Å². The molecule has 1 aromatic heterocycles. The molecule has 3 aromatic rings. The third-order valence-corrected chi connectivity index (χ3v) is 4.29. The Morgan fingerprint density at radius 2 is 1.92 bits per heavy atom. The normalized spacial score (nSPS) is 12.7. The summed E-state index contributed by atoms with van der Waals surface area (Å²) in [6.07, 6.45) is 2.35. The van der Waals surface area contributed by atoms with Gasteiger partial charge in [0.05, 0.1) is 5.52 Å². The molecule has 3 rings (SSSR count). The minimum atomic E-state index is -0.252. The van der Waals surface area contributed by atoms with Gasteiger partial charge in [0.1, 0.15) is 5.82 Å². The molecule has 1 heterocycles. The number of benzene rings is 2. The zero-order valence-corrected chi connectivity index (χ0v) is 13.7. The molecule has 0 fully saturated rings. The number of halogens is 1. The largest absolute Gasteiger partial charge is 0.396 e. The van der Waals surface area contributed by atoms with Crippen molar-refractivity contribution in [3.8, 4) is 0 Å². The zero-order valence-electron chi connectivity index (χ0n) is 13.7. The maximum atomic E-state index is 13.9. The van der Waals surface area contributed by atoms with Crippen LogP contribution in [0.2, 0.25) is 0 Å². The van der Waals surface area contributed by atoms with E-state index in [1.807, 2.05) is 37.4 Å². The predicted octanol–water partition coefficient (Wildman–Crippen LogP) is 3.93. The number of hydrogen-bond acceptors (Lipinski definition) is 3. The Hall–Kier alpha value is -2.30. The van der Waals surface area contributed by atoms with Gasteiger partial charge in [0.2, 0.25) is 0 Å². The molecule has 0 aliphatic carbocycles. The summed E-state index contributed by atoms with van der Waals surface area (Å²) in [5, 5.41) is 10.2. The number of aliphatic hydroxyl groups excluding tert-OH is 1. The van der Waals surface area contributed by atoms with E-state index in [1.165, 1.54) is 6.07 Å². The third kappa shape index (κ3) is 3.61. The van der Waals surface area contributed by atoms with Gasteiger partial charge in [-0.25, -0.2) is 4.39 Å². The highest BCUT2D eigenvalue weighted by Crippen LogP contribution is 2.26. The first kappa shape index (κ1) is 16.6. The molecule has 0 saturated carbocycles. The maximum Gasteiger partial charge on any atom is 0.124 e. The summed E-state index contributed by atoms with van der Waals surface area (Å²) >= 11 is 0. The summed E-state index contributed by atoms with van der Waals surface area (Å²) in [6, 6.07) is 16.9. The quantitative estimate of drug-likeness (QED) is 0.746. The van der Waals surface area contributed by atoms with Gasteiger partial charge in [-0.2, -0.15) is 0 Å². The Balaban J connectivity index is 1.92. The molecule has 0 saturated heterocycles. The molecule has 0 bridgehead atoms. The molecule has 124 valence electrons.